The third-order valence-electron chi connectivity index (χ3n) is 4.47. The molecule has 0 spiro atoms. The van der Waals surface area contributed by atoms with Crippen LogP contribution < -0.4 is 16.0 Å². The molecule has 26 heavy (non-hydrogen) atoms. The van der Waals surface area contributed by atoms with Crippen molar-refractivity contribution in [1.82, 2.24) is 15.6 Å². The van der Waals surface area contributed by atoms with Crippen LogP contribution in [-0.4, -0.2) is 23.7 Å². The molecule has 1 aliphatic heterocycles. The third-order valence-corrected chi connectivity index (χ3v) is 4.47. The Bertz CT molecular complexity index is 920. The number of hydrogen-bond acceptors (Lipinski definition) is 5. The first-order chi connectivity index (χ1) is 12.7. The molecule has 3 aromatic rings. The van der Waals surface area contributed by atoms with E-state index in [0.717, 1.165) is 28.2 Å². The number of hydrogen-bond donors (Lipinski definition) is 3. The van der Waals surface area contributed by atoms with E-state index in [1.165, 1.54) is 0 Å². The topological polar surface area (TPSA) is 74.5 Å². The summed E-state index contributed by atoms with van der Waals surface area (Å²) in [5.74, 6) is 0.912. The van der Waals surface area contributed by atoms with Gasteiger partial charge < -0.3 is 15.1 Å². The first kappa shape index (κ1) is 16.4. The Morgan fingerprint density at radius 2 is 1.92 bits per heavy atom. The average molecular weight is 347 g/mol. The number of fused-ring (bicyclic) bond motifs is 1. The lowest BCUT2D eigenvalue weighted by Crippen LogP contribution is -2.63. The second-order valence-electron chi connectivity index (χ2n) is 6.33. The highest BCUT2D eigenvalue weighted by atomic mass is 16.3. The monoisotopic (exact) mass is 347 g/mol. The van der Waals surface area contributed by atoms with Crippen molar-refractivity contribution in [3.05, 3.63) is 72.2 Å². The van der Waals surface area contributed by atoms with Crippen molar-refractivity contribution in [2.24, 2.45) is 4.99 Å². The molecule has 0 bridgehead atoms. The van der Waals surface area contributed by atoms with Gasteiger partial charge in [-0.25, -0.2) is 0 Å². The Hall–Kier alpha value is -3.12. The molecular formula is C20H21N5O. The van der Waals surface area contributed by atoms with Crippen molar-refractivity contribution in [3.8, 4) is 11.1 Å². The van der Waals surface area contributed by atoms with E-state index < -0.39 is 5.79 Å². The van der Waals surface area contributed by atoms with Gasteiger partial charge in [0.2, 0.25) is 5.88 Å². The minimum absolute atomic E-state index is 0.488. The van der Waals surface area contributed by atoms with Gasteiger partial charge in [-0.15, -0.1) is 0 Å². The Balaban J connectivity index is 1.77. The van der Waals surface area contributed by atoms with Gasteiger partial charge in [0.1, 0.15) is 12.1 Å². The van der Waals surface area contributed by atoms with Crippen LogP contribution in [0, 0.1) is 0 Å². The zero-order valence-electron chi connectivity index (χ0n) is 14.8. The summed E-state index contributed by atoms with van der Waals surface area (Å²) < 4.78 is 5.83. The van der Waals surface area contributed by atoms with Crippen LogP contribution >= 0.6 is 0 Å². The number of nitrogens with zero attached hydrogens (tertiary/aromatic N) is 2. The minimum atomic E-state index is -0.554. The molecule has 6 heteroatoms. The summed E-state index contributed by atoms with van der Waals surface area (Å²) in [4.78, 5) is 9.15. The number of aliphatic imine (C=N–C) groups is 1. The van der Waals surface area contributed by atoms with Gasteiger partial charge in [-0.2, -0.15) is 0 Å². The Kier molecular flexibility index (Phi) is 4.18. The quantitative estimate of drug-likeness (QED) is 0.676. The van der Waals surface area contributed by atoms with E-state index in [2.05, 4.69) is 33.1 Å². The highest BCUT2D eigenvalue weighted by Crippen LogP contribution is 2.35. The molecular weight excluding hydrogens is 326 g/mol. The molecule has 0 aliphatic carbocycles. The highest BCUT2D eigenvalue weighted by Gasteiger charge is 2.35. The van der Waals surface area contributed by atoms with E-state index in [9.17, 15) is 0 Å². The summed E-state index contributed by atoms with van der Waals surface area (Å²) in [6.07, 6.45) is 3.55. The summed E-state index contributed by atoms with van der Waals surface area (Å²) in [5.41, 5.74) is 3.93. The lowest BCUT2D eigenvalue weighted by molar-refractivity contribution is 0.386. The molecule has 0 saturated carbocycles. The number of nitrogens with one attached hydrogen (secondary N) is 3. The number of furan rings is 1. The maximum atomic E-state index is 5.83. The van der Waals surface area contributed by atoms with Crippen molar-refractivity contribution >= 4 is 11.7 Å². The zero-order chi connectivity index (χ0) is 18.0. The normalized spacial score (nSPS) is 20.3. The van der Waals surface area contributed by atoms with Crippen molar-refractivity contribution in [3.63, 3.8) is 0 Å². The largest absolute Gasteiger partial charge is 0.447 e. The molecule has 0 saturated heterocycles. The number of pyridine rings is 1. The fourth-order valence-electron chi connectivity index (χ4n) is 2.97. The van der Waals surface area contributed by atoms with Gasteiger partial charge in [0.25, 0.3) is 0 Å². The number of benzene rings is 1. The lowest BCUT2D eigenvalue weighted by Gasteiger charge is -2.37. The first-order valence-corrected chi connectivity index (χ1v) is 8.55. The van der Waals surface area contributed by atoms with Crippen LogP contribution in [0.4, 0.5) is 5.88 Å². The number of amidine groups is 1. The molecule has 132 valence electrons. The maximum absolute atomic E-state index is 5.83. The van der Waals surface area contributed by atoms with E-state index in [1.54, 1.807) is 12.5 Å². The lowest BCUT2D eigenvalue weighted by atomic mass is 10.0. The van der Waals surface area contributed by atoms with Gasteiger partial charge in [0.15, 0.2) is 5.79 Å². The molecule has 1 unspecified atom stereocenters. The predicted molar refractivity (Wildman–Crippen MR) is 103 cm³/mol. The summed E-state index contributed by atoms with van der Waals surface area (Å²) in [7, 11) is 1.88. The first-order valence-electron chi connectivity index (χ1n) is 8.55. The Morgan fingerprint density at radius 3 is 2.65 bits per heavy atom. The van der Waals surface area contributed by atoms with Crippen molar-refractivity contribution < 1.29 is 4.42 Å². The van der Waals surface area contributed by atoms with Gasteiger partial charge in [-0.05, 0) is 31.7 Å². The van der Waals surface area contributed by atoms with E-state index in [1.807, 2.05) is 50.4 Å². The van der Waals surface area contributed by atoms with Crippen LogP contribution in [0.1, 0.15) is 18.2 Å². The Morgan fingerprint density at radius 1 is 1.12 bits per heavy atom. The number of aromatic nitrogens is 1. The SMILES string of the molecule is CNC1(C)NC(=NCc2ccccn2)c2c(-c3ccccc3)coc2N1. The van der Waals surface area contributed by atoms with E-state index >= 15 is 0 Å². The number of anilines is 1. The summed E-state index contributed by atoms with van der Waals surface area (Å²) in [5, 5.41) is 10.0. The van der Waals surface area contributed by atoms with Crippen molar-refractivity contribution in [2.45, 2.75) is 19.3 Å². The molecule has 3 N–H and O–H groups in total. The van der Waals surface area contributed by atoms with Gasteiger partial charge >= 0.3 is 0 Å². The van der Waals surface area contributed by atoms with Crippen LogP contribution in [0.25, 0.3) is 11.1 Å². The van der Waals surface area contributed by atoms with E-state index in [0.29, 0.717) is 12.4 Å². The molecule has 1 aromatic carbocycles. The smallest absolute Gasteiger partial charge is 0.207 e. The highest BCUT2D eigenvalue weighted by molar-refractivity contribution is 6.10. The van der Waals surface area contributed by atoms with Gasteiger partial charge in [0, 0.05) is 11.8 Å². The standard InChI is InChI=1S/C20H21N5O/c1-20(21-2)24-18(23-12-15-10-6-7-11-22-15)17-16(13-26-19(17)25-20)14-8-4-3-5-9-14/h3-11,13,21,25H,12H2,1-2H3,(H,23,24). The van der Waals surface area contributed by atoms with Crippen LogP contribution in [0.5, 0.6) is 0 Å². The zero-order valence-corrected chi connectivity index (χ0v) is 14.8. The molecule has 1 atom stereocenters. The minimum Gasteiger partial charge on any atom is -0.447 e. The molecule has 2 aromatic heterocycles. The maximum Gasteiger partial charge on any atom is 0.207 e. The van der Waals surface area contributed by atoms with Crippen molar-refractivity contribution in [1.29, 1.82) is 0 Å². The molecule has 0 radical (unpaired) electrons. The van der Waals surface area contributed by atoms with E-state index in [4.69, 9.17) is 9.41 Å². The fourth-order valence-corrected chi connectivity index (χ4v) is 2.97. The van der Waals surface area contributed by atoms with Crippen LogP contribution in [0.2, 0.25) is 0 Å². The average Bonchev–Trinajstić information content (AvgIpc) is 3.11. The molecule has 6 nitrogen and oxygen atoms in total. The summed E-state index contributed by atoms with van der Waals surface area (Å²) in [6, 6.07) is 16.0. The van der Waals surface area contributed by atoms with Crippen LogP contribution in [0.3, 0.4) is 0 Å². The van der Waals surface area contributed by atoms with Crippen molar-refractivity contribution in [2.75, 3.05) is 12.4 Å². The Labute approximate surface area is 152 Å². The van der Waals surface area contributed by atoms with Crippen LogP contribution in [0.15, 0.2) is 70.4 Å². The molecule has 4 rings (SSSR count). The van der Waals surface area contributed by atoms with Crippen LogP contribution in [-0.2, 0) is 6.54 Å². The second kappa shape index (κ2) is 6.65. The molecule has 0 amide bonds. The summed E-state index contributed by atoms with van der Waals surface area (Å²) in [6.45, 7) is 2.48. The summed E-state index contributed by atoms with van der Waals surface area (Å²) >= 11 is 0. The molecule has 0 fully saturated rings. The van der Waals surface area contributed by atoms with Gasteiger partial charge in [-0.3, -0.25) is 15.3 Å². The molecule has 3 heterocycles. The molecule has 1 aliphatic rings. The third kappa shape index (κ3) is 3.07. The fraction of sp³-hybridized carbons (Fsp3) is 0.200. The van der Waals surface area contributed by atoms with Gasteiger partial charge in [0.05, 0.1) is 17.8 Å². The number of rotatable bonds is 4. The predicted octanol–water partition coefficient (Wildman–Crippen LogP) is 3.20. The van der Waals surface area contributed by atoms with Gasteiger partial charge in [-0.1, -0.05) is 36.4 Å². The van der Waals surface area contributed by atoms with E-state index in [-0.39, 0.29) is 0 Å². The second-order valence-corrected chi connectivity index (χ2v) is 6.33.